The van der Waals surface area contributed by atoms with Crippen molar-refractivity contribution in [3.05, 3.63) is 54.1 Å². The van der Waals surface area contributed by atoms with E-state index in [0.29, 0.717) is 12.4 Å². The number of rotatable bonds is 7. The topological polar surface area (TPSA) is 38.7 Å². The maximum Gasteiger partial charge on any atom is 0.125 e. The van der Waals surface area contributed by atoms with Gasteiger partial charge in [-0.05, 0) is 30.3 Å². The summed E-state index contributed by atoms with van der Waals surface area (Å²) in [6.45, 7) is 0.539. The van der Waals surface area contributed by atoms with Crippen LogP contribution in [0.15, 0.2) is 53.4 Å². The van der Waals surface area contributed by atoms with Crippen LogP contribution in [0.25, 0.3) is 0 Å². The Morgan fingerprint density at radius 1 is 1.10 bits per heavy atom. The molecule has 2 aromatic rings. The number of aliphatic hydroxyl groups is 1. The van der Waals surface area contributed by atoms with Crippen molar-refractivity contribution in [2.45, 2.75) is 11.5 Å². The van der Waals surface area contributed by atoms with Gasteiger partial charge in [-0.2, -0.15) is 0 Å². The van der Waals surface area contributed by atoms with Crippen LogP contribution in [0.3, 0.4) is 0 Å². The fourth-order valence-corrected chi connectivity index (χ4v) is 2.53. The molecular formula is C16H18O3S. The average molecular weight is 290 g/mol. The minimum atomic E-state index is -0.0572. The number of hydrogen-bond acceptors (Lipinski definition) is 4. The molecule has 3 nitrogen and oxygen atoms in total. The monoisotopic (exact) mass is 290 g/mol. The lowest BCUT2D eigenvalue weighted by molar-refractivity contribution is 0.266. The summed E-state index contributed by atoms with van der Waals surface area (Å²) >= 11 is 1.75. The minimum Gasteiger partial charge on any atom is -0.497 e. The zero-order chi connectivity index (χ0) is 14.2. The quantitative estimate of drug-likeness (QED) is 0.627. The lowest BCUT2D eigenvalue weighted by atomic mass is 10.2. The van der Waals surface area contributed by atoms with Crippen LogP contribution in [0, 0.1) is 0 Å². The minimum absolute atomic E-state index is 0.0572. The molecule has 0 radical (unpaired) electrons. The van der Waals surface area contributed by atoms with E-state index in [-0.39, 0.29) is 6.61 Å². The Morgan fingerprint density at radius 2 is 1.90 bits per heavy atom. The van der Waals surface area contributed by atoms with Crippen molar-refractivity contribution in [1.82, 2.24) is 0 Å². The molecule has 0 saturated heterocycles. The molecule has 0 bridgehead atoms. The molecule has 0 aliphatic carbocycles. The van der Waals surface area contributed by atoms with E-state index in [1.807, 2.05) is 30.3 Å². The normalized spacial score (nSPS) is 10.3. The van der Waals surface area contributed by atoms with Crippen molar-refractivity contribution in [2.24, 2.45) is 0 Å². The summed E-state index contributed by atoms with van der Waals surface area (Å²) in [7, 11) is 1.60. The second-order valence-electron chi connectivity index (χ2n) is 4.14. The first kappa shape index (κ1) is 14.8. The Bertz CT molecular complexity index is 529. The van der Waals surface area contributed by atoms with Crippen LogP contribution in [0.5, 0.6) is 11.5 Å². The molecule has 0 amide bonds. The molecule has 0 atom stereocenters. The summed E-state index contributed by atoms with van der Waals surface area (Å²) in [5.41, 5.74) is 0.745. The van der Waals surface area contributed by atoms with Gasteiger partial charge in [0, 0.05) is 16.2 Å². The first-order valence-electron chi connectivity index (χ1n) is 6.42. The zero-order valence-corrected chi connectivity index (χ0v) is 12.2. The number of aliphatic hydroxyl groups excluding tert-OH is 1. The fraction of sp³-hybridized carbons (Fsp3) is 0.250. The average Bonchev–Trinajstić information content (AvgIpc) is 2.52. The summed E-state index contributed by atoms with van der Waals surface area (Å²) in [5.74, 6) is 2.29. The number of thioether (sulfide) groups is 1. The van der Waals surface area contributed by atoms with E-state index in [9.17, 15) is 5.11 Å². The lowest BCUT2D eigenvalue weighted by Crippen LogP contribution is -2.03. The SMILES string of the molecule is COc1ccc(OCCSc2ccccc2)c(CO)c1. The maximum atomic E-state index is 9.33. The molecule has 1 N–H and O–H groups in total. The van der Waals surface area contributed by atoms with Crippen LogP contribution < -0.4 is 9.47 Å². The molecule has 2 aromatic carbocycles. The molecule has 0 aromatic heterocycles. The van der Waals surface area contributed by atoms with Gasteiger partial charge in [0.25, 0.3) is 0 Å². The van der Waals surface area contributed by atoms with Gasteiger partial charge in [0.2, 0.25) is 0 Å². The van der Waals surface area contributed by atoms with E-state index < -0.39 is 0 Å². The van der Waals surface area contributed by atoms with Gasteiger partial charge in [0.15, 0.2) is 0 Å². The standard InChI is InChI=1S/C16H18O3S/c1-18-14-7-8-16(13(11-14)12-17)19-9-10-20-15-5-3-2-4-6-15/h2-8,11,17H,9-10,12H2,1H3. The van der Waals surface area contributed by atoms with Crippen molar-refractivity contribution in [3.63, 3.8) is 0 Å². The van der Waals surface area contributed by atoms with Gasteiger partial charge in [0.1, 0.15) is 11.5 Å². The summed E-state index contributed by atoms with van der Waals surface area (Å²) in [4.78, 5) is 1.23. The van der Waals surface area contributed by atoms with Crippen molar-refractivity contribution >= 4 is 11.8 Å². The Balaban J connectivity index is 1.85. The summed E-state index contributed by atoms with van der Waals surface area (Å²) < 4.78 is 10.8. The highest BCUT2D eigenvalue weighted by molar-refractivity contribution is 7.99. The van der Waals surface area contributed by atoms with Gasteiger partial charge < -0.3 is 14.6 Å². The number of benzene rings is 2. The molecule has 0 saturated carbocycles. The third-order valence-electron chi connectivity index (χ3n) is 2.79. The molecule has 0 unspecified atom stereocenters. The highest BCUT2D eigenvalue weighted by Crippen LogP contribution is 2.25. The fourth-order valence-electron chi connectivity index (χ4n) is 1.78. The van der Waals surface area contributed by atoms with E-state index in [4.69, 9.17) is 9.47 Å². The van der Waals surface area contributed by atoms with Crippen LogP contribution in [-0.2, 0) is 6.61 Å². The van der Waals surface area contributed by atoms with Gasteiger partial charge in [-0.1, -0.05) is 18.2 Å². The predicted octanol–water partition coefficient (Wildman–Crippen LogP) is 3.36. The van der Waals surface area contributed by atoms with E-state index in [1.54, 1.807) is 24.9 Å². The molecule has 0 spiro atoms. The van der Waals surface area contributed by atoms with E-state index in [2.05, 4.69) is 12.1 Å². The third-order valence-corrected chi connectivity index (χ3v) is 3.77. The molecule has 0 aliphatic heterocycles. The summed E-state index contributed by atoms with van der Waals surface area (Å²) in [5, 5.41) is 9.33. The van der Waals surface area contributed by atoms with Crippen LogP contribution >= 0.6 is 11.8 Å². The second-order valence-corrected chi connectivity index (χ2v) is 5.31. The van der Waals surface area contributed by atoms with E-state index in [1.165, 1.54) is 4.90 Å². The Hall–Kier alpha value is -1.65. The molecular weight excluding hydrogens is 272 g/mol. The second kappa shape index (κ2) is 7.82. The maximum absolute atomic E-state index is 9.33. The lowest BCUT2D eigenvalue weighted by Gasteiger charge is -2.11. The first-order valence-corrected chi connectivity index (χ1v) is 7.40. The van der Waals surface area contributed by atoms with Crippen molar-refractivity contribution in [1.29, 1.82) is 0 Å². The van der Waals surface area contributed by atoms with E-state index >= 15 is 0 Å². The largest absolute Gasteiger partial charge is 0.497 e. The van der Waals surface area contributed by atoms with Crippen molar-refractivity contribution in [2.75, 3.05) is 19.5 Å². The number of methoxy groups -OCH3 is 1. The van der Waals surface area contributed by atoms with Crippen LogP contribution in [0.2, 0.25) is 0 Å². The van der Waals surface area contributed by atoms with Crippen LogP contribution in [0.4, 0.5) is 0 Å². The summed E-state index contributed by atoms with van der Waals surface area (Å²) in [6.07, 6.45) is 0. The smallest absolute Gasteiger partial charge is 0.125 e. The molecule has 106 valence electrons. The molecule has 20 heavy (non-hydrogen) atoms. The van der Waals surface area contributed by atoms with Gasteiger partial charge in [-0.3, -0.25) is 0 Å². The molecule has 4 heteroatoms. The zero-order valence-electron chi connectivity index (χ0n) is 11.4. The van der Waals surface area contributed by atoms with Gasteiger partial charge in [-0.25, -0.2) is 0 Å². The highest BCUT2D eigenvalue weighted by atomic mass is 32.2. The Morgan fingerprint density at radius 3 is 2.60 bits per heavy atom. The van der Waals surface area contributed by atoms with Crippen LogP contribution in [-0.4, -0.2) is 24.6 Å². The first-order chi connectivity index (χ1) is 9.83. The van der Waals surface area contributed by atoms with Gasteiger partial charge in [-0.15, -0.1) is 11.8 Å². The Labute approximate surface area is 123 Å². The predicted molar refractivity (Wildman–Crippen MR) is 81.6 cm³/mol. The number of ether oxygens (including phenoxy) is 2. The third kappa shape index (κ3) is 4.18. The summed E-state index contributed by atoms with van der Waals surface area (Å²) in [6, 6.07) is 15.7. The highest BCUT2D eigenvalue weighted by Gasteiger charge is 2.05. The van der Waals surface area contributed by atoms with Crippen molar-refractivity contribution in [3.8, 4) is 11.5 Å². The number of hydrogen-bond donors (Lipinski definition) is 1. The molecule has 0 heterocycles. The Kier molecular flexibility index (Phi) is 5.77. The molecule has 0 aliphatic rings. The van der Waals surface area contributed by atoms with Gasteiger partial charge in [0.05, 0.1) is 20.3 Å². The molecule has 0 fully saturated rings. The van der Waals surface area contributed by atoms with E-state index in [0.717, 1.165) is 17.1 Å². The van der Waals surface area contributed by atoms with Crippen molar-refractivity contribution < 1.29 is 14.6 Å². The van der Waals surface area contributed by atoms with Crippen LogP contribution in [0.1, 0.15) is 5.56 Å². The van der Waals surface area contributed by atoms with Gasteiger partial charge >= 0.3 is 0 Å². The molecule has 2 rings (SSSR count).